The van der Waals surface area contributed by atoms with E-state index >= 15 is 0 Å². The van der Waals surface area contributed by atoms with Gasteiger partial charge in [-0.1, -0.05) is 23.9 Å². The lowest BCUT2D eigenvalue weighted by atomic mass is 10.1. The summed E-state index contributed by atoms with van der Waals surface area (Å²) >= 11 is 4.64. The first-order chi connectivity index (χ1) is 9.52. The highest BCUT2D eigenvalue weighted by Gasteiger charge is 2.17. The average molecular weight is 354 g/mol. The number of rotatable bonds is 4. The van der Waals surface area contributed by atoms with E-state index in [9.17, 15) is 4.79 Å². The van der Waals surface area contributed by atoms with E-state index in [1.165, 1.54) is 0 Å². The third kappa shape index (κ3) is 3.24. The van der Waals surface area contributed by atoms with Crippen molar-refractivity contribution < 1.29 is 4.79 Å². The Morgan fingerprint density at radius 2 is 2.15 bits per heavy atom. The largest absolute Gasteiger partial charge is 0.320 e. The van der Waals surface area contributed by atoms with Gasteiger partial charge in [-0.15, -0.1) is 5.10 Å². The molecule has 0 saturated heterocycles. The van der Waals surface area contributed by atoms with Gasteiger partial charge >= 0.3 is 0 Å². The second kappa shape index (κ2) is 6.45. The zero-order chi connectivity index (χ0) is 14.7. The van der Waals surface area contributed by atoms with Crippen LogP contribution in [-0.2, 0) is 6.42 Å². The van der Waals surface area contributed by atoms with Gasteiger partial charge in [0.1, 0.15) is 4.88 Å². The van der Waals surface area contributed by atoms with Crippen molar-refractivity contribution in [1.82, 2.24) is 9.59 Å². The number of hydrogen-bond acceptors (Lipinski definition) is 4. The number of benzene rings is 1. The molecule has 1 aromatic carbocycles. The van der Waals surface area contributed by atoms with Gasteiger partial charge in [-0.05, 0) is 64.9 Å². The number of anilines is 1. The zero-order valence-electron chi connectivity index (χ0n) is 11.7. The highest BCUT2D eigenvalue weighted by Crippen LogP contribution is 2.28. The van der Waals surface area contributed by atoms with E-state index in [0.29, 0.717) is 4.88 Å². The number of aryl methyl sites for hydroxylation is 3. The minimum absolute atomic E-state index is 0.142. The maximum Gasteiger partial charge on any atom is 0.269 e. The van der Waals surface area contributed by atoms with Gasteiger partial charge in [0.25, 0.3) is 5.91 Å². The van der Waals surface area contributed by atoms with Gasteiger partial charge in [0.15, 0.2) is 0 Å². The van der Waals surface area contributed by atoms with Gasteiger partial charge in [-0.2, -0.15) is 0 Å². The highest BCUT2D eigenvalue weighted by molar-refractivity contribution is 9.10. The Morgan fingerprint density at radius 3 is 2.80 bits per heavy atom. The molecule has 0 radical (unpaired) electrons. The van der Waals surface area contributed by atoms with Gasteiger partial charge in [-0.25, -0.2) is 0 Å². The Kier molecular flexibility index (Phi) is 4.88. The summed E-state index contributed by atoms with van der Waals surface area (Å²) < 4.78 is 4.77. The Bertz CT molecular complexity index is 616. The van der Waals surface area contributed by atoms with Gasteiger partial charge in [0.05, 0.1) is 11.4 Å². The van der Waals surface area contributed by atoms with E-state index in [1.807, 2.05) is 26.0 Å². The van der Waals surface area contributed by atoms with E-state index in [0.717, 1.165) is 51.4 Å². The Hall–Kier alpha value is -1.27. The quantitative estimate of drug-likeness (QED) is 0.899. The number of carbonyl (C=O) groups is 1. The van der Waals surface area contributed by atoms with Crippen LogP contribution < -0.4 is 5.32 Å². The fourth-order valence-electron chi connectivity index (χ4n) is 2.03. The number of amides is 1. The summed E-state index contributed by atoms with van der Waals surface area (Å²) in [7, 11) is 0. The summed E-state index contributed by atoms with van der Waals surface area (Å²) in [4.78, 5) is 13.0. The van der Waals surface area contributed by atoms with Crippen LogP contribution in [0, 0.1) is 13.8 Å². The van der Waals surface area contributed by atoms with Crippen LogP contribution >= 0.6 is 27.5 Å². The molecule has 6 heteroatoms. The number of aromatic nitrogens is 2. The molecule has 1 heterocycles. The summed E-state index contributed by atoms with van der Waals surface area (Å²) in [6.45, 7) is 6.06. The summed E-state index contributed by atoms with van der Waals surface area (Å²) in [6, 6.07) is 4.03. The van der Waals surface area contributed by atoms with Crippen LogP contribution in [0.3, 0.4) is 0 Å². The molecule has 0 saturated carbocycles. The van der Waals surface area contributed by atoms with Gasteiger partial charge in [0.2, 0.25) is 0 Å². The maximum absolute atomic E-state index is 12.4. The minimum Gasteiger partial charge on any atom is -0.320 e. The lowest BCUT2D eigenvalue weighted by molar-refractivity contribution is 0.102. The summed E-state index contributed by atoms with van der Waals surface area (Å²) in [5.74, 6) is -0.142. The van der Waals surface area contributed by atoms with E-state index in [-0.39, 0.29) is 5.91 Å². The normalized spacial score (nSPS) is 10.6. The second-order valence-electron chi connectivity index (χ2n) is 4.69. The second-order valence-corrected chi connectivity index (χ2v) is 6.30. The number of halogens is 1. The molecule has 0 unspecified atom stereocenters. The number of hydrogen-bond donors (Lipinski definition) is 1. The molecule has 1 amide bonds. The van der Waals surface area contributed by atoms with Crippen LogP contribution in [-0.4, -0.2) is 15.5 Å². The smallest absolute Gasteiger partial charge is 0.269 e. The topological polar surface area (TPSA) is 54.9 Å². The molecule has 0 atom stereocenters. The van der Waals surface area contributed by atoms with E-state index < -0.39 is 0 Å². The molecule has 20 heavy (non-hydrogen) atoms. The standard InChI is InChI=1S/C14H16BrN3OS/c1-4-5-11-13(20-18-17-11)14(19)16-12-9(3)6-8(2)7-10(12)15/h6-7H,4-5H2,1-3H3,(H,16,19). The molecule has 106 valence electrons. The van der Waals surface area contributed by atoms with Crippen LogP contribution in [0.2, 0.25) is 0 Å². The van der Waals surface area contributed by atoms with Crippen molar-refractivity contribution in [2.24, 2.45) is 0 Å². The Balaban J connectivity index is 2.26. The maximum atomic E-state index is 12.4. The first-order valence-electron chi connectivity index (χ1n) is 6.42. The SMILES string of the molecule is CCCc1nnsc1C(=O)Nc1c(C)cc(C)cc1Br. The van der Waals surface area contributed by atoms with Crippen molar-refractivity contribution in [1.29, 1.82) is 0 Å². The van der Waals surface area contributed by atoms with Crippen molar-refractivity contribution in [3.63, 3.8) is 0 Å². The lowest BCUT2D eigenvalue weighted by Gasteiger charge is -2.11. The van der Waals surface area contributed by atoms with Crippen molar-refractivity contribution in [2.75, 3.05) is 5.32 Å². The first-order valence-corrected chi connectivity index (χ1v) is 7.99. The molecule has 0 bridgehead atoms. The third-order valence-corrected chi connectivity index (χ3v) is 4.31. The summed E-state index contributed by atoms with van der Waals surface area (Å²) in [5, 5.41) is 6.98. The highest BCUT2D eigenvalue weighted by atomic mass is 79.9. The summed E-state index contributed by atoms with van der Waals surface area (Å²) in [5.41, 5.74) is 3.76. The number of nitrogens with one attached hydrogen (secondary N) is 1. The van der Waals surface area contributed by atoms with Gasteiger partial charge in [-0.3, -0.25) is 4.79 Å². The minimum atomic E-state index is -0.142. The van der Waals surface area contributed by atoms with Gasteiger partial charge < -0.3 is 5.32 Å². The Morgan fingerprint density at radius 1 is 1.40 bits per heavy atom. The van der Waals surface area contributed by atoms with Crippen LogP contribution in [0.5, 0.6) is 0 Å². The fraction of sp³-hybridized carbons (Fsp3) is 0.357. The average Bonchev–Trinajstić information content (AvgIpc) is 2.82. The molecule has 0 fully saturated rings. The molecule has 0 aliphatic rings. The van der Waals surface area contributed by atoms with Crippen LogP contribution in [0.4, 0.5) is 5.69 Å². The molecule has 1 N–H and O–H groups in total. The molecular weight excluding hydrogens is 338 g/mol. The van der Waals surface area contributed by atoms with Crippen molar-refractivity contribution in [2.45, 2.75) is 33.6 Å². The Labute approximate surface area is 130 Å². The molecule has 0 aliphatic heterocycles. The molecule has 0 aliphatic carbocycles. The number of nitrogens with zero attached hydrogens (tertiary/aromatic N) is 2. The summed E-state index contributed by atoms with van der Waals surface area (Å²) in [6.07, 6.45) is 1.71. The molecule has 1 aromatic heterocycles. The molecular formula is C14H16BrN3OS. The number of carbonyl (C=O) groups excluding carboxylic acids is 1. The van der Waals surface area contributed by atoms with E-state index in [2.05, 4.69) is 37.8 Å². The van der Waals surface area contributed by atoms with Crippen molar-refractivity contribution >= 4 is 39.1 Å². The predicted molar refractivity (Wildman–Crippen MR) is 85.5 cm³/mol. The molecule has 0 spiro atoms. The van der Waals surface area contributed by atoms with Gasteiger partial charge in [0, 0.05) is 4.47 Å². The fourth-order valence-corrected chi connectivity index (χ4v) is 3.40. The molecule has 2 aromatic rings. The third-order valence-electron chi connectivity index (χ3n) is 2.92. The van der Waals surface area contributed by atoms with Crippen LogP contribution in [0.15, 0.2) is 16.6 Å². The first kappa shape index (κ1) is 15.1. The predicted octanol–water partition coefficient (Wildman–Crippen LogP) is 4.12. The molecule has 4 nitrogen and oxygen atoms in total. The van der Waals surface area contributed by atoms with Crippen LogP contribution in [0.1, 0.15) is 39.8 Å². The zero-order valence-corrected chi connectivity index (χ0v) is 14.1. The van der Waals surface area contributed by atoms with Crippen molar-refractivity contribution in [3.8, 4) is 0 Å². The van der Waals surface area contributed by atoms with E-state index in [1.54, 1.807) is 0 Å². The monoisotopic (exact) mass is 353 g/mol. The lowest BCUT2D eigenvalue weighted by Crippen LogP contribution is -2.14. The van der Waals surface area contributed by atoms with E-state index in [4.69, 9.17) is 0 Å². The molecule has 2 rings (SSSR count). The van der Waals surface area contributed by atoms with Crippen LogP contribution in [0.25, 0.3) is 0 Å². The van der Waals surface area contributed by atoms with Crippen molar-refractivity contribution in [3.05, 3.63) is 38.3 Å².